The minimum absolute atomic E-state index is 0.0547. The third-order valence-corrected chi connectivity index (χ3v) is 5.48. The van der Waals surface area contributed by atoms with E-state index in [-0.39, 0.29) is 5.75 Å². The van der Waals surface area contributed by atoms with Gasteiger partial charge in [-0.25, -0.2) is 17.9 Å². The molecule has 2 unspecified atom stereocenters. The lowest BCUT2D eigenvalue weighted by atomic mass is 9.88. The van der Waals surface area contributed by atoms with Crippen molar-refractivity contribution in [3.8, 4) is 0 Å². The molecule has 0 aromatic heterocycles. The molecule has 21 heavy (non-hydrogen) atoms. The highest BCUT2D eigenvalue weighted by Crippen LogP contribution is 2.28. The van der Waals surface area contributed by atoms with Crippen LogP contribution in [-0.4, -0.2) is 54.2 Å². The zero-order valence-electron chi connectivity index (χ0n) is 12.8. The summed E-state index contributed by atoms with van der Waals surface area (Å²) >= 11 is 0. The van der Waals surface area contributed by atoms with E-state index in [0.29, 0.717) is 19.4 Å². The minimum Gasteiger partial charge on any atom is -0.480 e. The molecule has 0 saturated carbocycles. The SMILES string of the molecule is CCCS(=O)(=O)NC(C)C(=O)N1CCCCC1(C)C(=O)O. The summed E-state index contributed by atoms with van der Waals surface area (Å²) in [6.45, 7) is 5.03. The average Bonchev–Trinajstić information content (AvgIpc) is 2.37. The van der Waals surface area contributed by atoms with E-state index in [1.54, 1.807) is 6.92 Å². The van der Waals surface area contributed by atoms with Gasteiger partial charge in [0.05, 0.1) is 11.8 Å². The van der Waals surface area contributed by atoms with E-state index in [4.69, 9.17) is 0 Å². The topological polar surface area (TPSA) is 104 Å². The Morgan fingerprint density at radius 1 is 1.38 bits per heavy atom. The maximum Gasteiger partial charge on any atom is 0.329 e. The summed E-state index contributed by atoms with van der Waals surface area (Å²) in [7, 11) is -3.52. The monoisotopic (exact) mass is 320 g/mol. The molecule has 0 spiro atoms. The Labute approximate surface area is 125 Å². The first kappa shape index (κ1) is 17.9. The second kappa shape index (κ2) is 6.74. The number of carboxylic acids is 1. The molecular weight excluding hydrogens is 296 g/mol. The summed E-state index contributed by atoms with van der Waals surface area (Å²) < 4.78 is 25.8. The van der Waals surface area contributed by atoms with E-state index in [1.807, 2.05) is 0 Å². The van der Waals surface area contributed by atoms with E-state index < -0.39 is 33.5 Å². The molecule has 122 valence electrons. The van der Waals surface area contributed by atoms with Gasteiger partial charge >= 0.3 is 5.97 Å². The number of hydrogen-bond donors (Lipinski definition) is 2. The highest BCUT2D eigenvalue weighted by atomic mass is 32.2. The quantitative estimate of drug-likeness (QED) is 0.744. The molecule has 0 aliphatic carbocycles. The van der Waals surface area contributed by atoms with Crippen molar-refractivity contribution < 1.29 is 23.1 Å². The maximum atomic E-state index is 12.4. The summed E-state index contributed by atoms with van der Waals surface area (Å²) in [6.07, 6.45) is 2.29. The van der Waals surface area contributed by atoms with Crippen molar-refractivity contribution in [1.82, 2.24) is 9.62 Å². The van der Waals surface area contributed by atoms with Crippen LogP contribution in [-0.2, 0) is 19.6 Å². The largest absolute Gasteiger partial charge is 0.480 e. The molecule has 2 N–H and O–H groups in total. The van der Waals surface area contributed by atoms with Crippen molar-refractivity contribution in [3.63, 3.8) is 0 Å². The number of piperidine rings is 1. The van der Waals surface area contributed by atoms with Gasteiger partial charge in [0.1, 0.15) is 5.54 Å². The minimum atomic E-state index is -3.52. The molecule has 1 rings (SSSR count). The Hall–Kier alpha value is -1.15. The van der Waals surface area contributed by atoms with Gasteiger partial charge in [-0.15, -0.1) is 0 Å². The molecule has 0 bridgehead atoms. The Bertz CT molecular complexity index is 505. The van der Waals surface area contributed by atoms with Crippen LogP contribution >= 0.6 is 0 Å². The maximum absolute atomic E-state index is 12.4. The highest BCUT2D eigenvalue weighted by molar-refractivity contribution is 7.89. The van der Waals surface area contributed by atoms with Gasteiger partial charge in [0.2, 0.25) is 15.9 Å². The van der Waals surface area contributed by atoms with Gasteiger partial charge in [0.25, 0.3) is 0 Å². The Kier molecular flexibility index (Phi) is 5.75. The molecule has 0 radical (unpaired) electrons. The van der Waals surface area contributed by atoms with Gasteiger partial charge in [0, 0.05) is 6.54 Å². The van der Waals surface area contributed by atoms with Crippen molar-refractivity contribution in [3.05, 3.63) is 0 Å². The molecule has 1 fully saturated rings. The van der Waals surface area contributed by atoms with Crippen LogP contribution in [0.15, 0.2) is 0 Å². The predicted molar refractivity (Wildman–Crippen MR) is 78.3 cm³/mol. The van der Waals surface area contributed by atoms with Crippen molar-refractivity contribution in [2.75, 3.05) is 12.3 Å². The second-order valence-corrected chi connectivity index (χ2v) is 7.56. The van der Waals surface area contributed by atoms with Crippen LogP contribution in [0.4, 0.5) is 0 Å². The fourth-order valence-electron chi connectivity index (χ4n) is 2.58. The molecule has 1 aliphatic heterocycles. The van der Waals surface area contributed by atoms with E-state index in [9.17, 15) is 23.1 Å². The molecule has 1 saturated heterocycles. The van der Waals surface area contributed by atoms with Gasteiger partial charge < -0.3 is 10.0 Å². The number of sulfonamides is 1. The molecular formula is C13H24N2O5S. The Morgan fingerprint density at radius 3 is 2.52 bits per heavy atom. The van der Waals surface area contributed by atoms with E-state index >= 15 is 0 Å². The lowest BCUT2D eigenvalue weighted by Gasteiger charge is -2.42. The van der Waals surface area contributed by atoms with Crippen LogP contribution in [0.3, 0.4) is 0 Å². The lowest BCUT2D eigenvalue weighted by molar-refractivity contribution is -0.161. The Morgan fingerprint density at radius 2 is 2.00 bits per heavy atom. The molecule has 2 atom stereocenters. The van der Waals surface area contributed by atoms with Crippen molar-refractivity contribution >= 4 is 21.9 Å². The standard InChI is InChI=1S/C13H24N2O5S/c1-4-9-21(19,20)14-10(2)11(16)15-8-6-5-7-13(15,3)12(17)18/h10,14H,4-9H2,1-3H3,(H,17,18). The third kappa shape index (κ3) is 4.16. The molecule has 1 heterocycles. The van der Waals surface area contributed by atoms with Crippen LogP contribution < -0.4 is 4.72 Å². The van der Waals surface area contributed by atoms with Crippen LogP contribution in [0.1, 0.15) is 46.5 Å². The summed E-state index contributed by atoms with van der Waals surface area (Å²) in [6, 6.07) is -0.960. The first-order chi connectivity index (χ1) is 9.64. The summed E-state index contributed by atoms with van der Waals surface area (Å²) in [5.41, 5.74) is -1.26. The highest BCUT2D eigenvalue weighted by Gasteiger charge is 2.45. The first-order valence-corrected chi connectivity index (χ1v) is 8.84. The Balaban J connectivity index is 2.87. The van der Waals surface area contributed by atoms with Crippen molar-refractivity contribution in [2.45, 2.75) is 58.0 Å². The first-order valence-electron chi connectivity index (χ1n) is 7.19. The number of nitrogens with zero attached hydrogens (tertiary/aromatic N) is 1. The number of hydrogen-bond acceptors (Lipinski definition) is 4. The molecule has 0 aromatic rings. The normalized spacial score (nSPS) is 24.6. The number of amides is 1. The van der Waals surface area contributed by atoms with Crippen molar-refractivity contribution in [1.29, 1.82) is 0 Å². The van der Waals surface area contributed by atoms with Crippen LogP contribution in [0.2, 0.25) is 0 Å². The van der Waals surface area contributed by atoms with Crippen LogP contribution in [0.25, 0.3) is 0 Å². The zero-order valence-corrected chi connectivity index (χ0v) is 13.6. The van der Waals surface area contributed by atoms with Gasteiger partial charge in [-0.05, 0) is 39.5 Å². The van der Waals surface area contributed by atoms with Gasteiger partial charge in [-0.2, -0.15) is 0 Å². The van der Waals surface area contributed by atoms with Crippen LogP contribution in [0.5, 0.6) is 0 Å². The molecule has 1 aliphatic rings. The lowest BCUT2D eigenvalue weighted by Crippen LogP contribution is -2.61. The van der Waals surface area contributed by atoms with E-state index in [0.717, 1.165) is 12.8 Å². The zero-order chi connectivity index (χ0) is 16.3. The van der Waals surface area contributed by atoms with Crippen LogP contribution in [0, 0.1) is 0 Å². The number of likely N-dealkylation sites (tertiary alicyclic amines) is 1. The van der Waals surface area contributed by atoms with Gasteiger partial charge in [-0.1, -0.05) is 6.92 Å². The summed E-state index contributed by atoms with van der Waals surface area (Å²) in [5.74, 6) is -1.60. The fourth-order valence-corrected chi connectivity index (χ4v) is 3.87. The molecule has 8 heteroatoms. The van der Waals surface area contributed by atoms with Gasteiger partial charge in [0.15, 0.2) is 0 Å². The predicted octanol–water partition coefficient (Wildman–Crippen LogP) is 0.560. The number of nitrogens with one attached hydrogen (secondary N) is 1. The number of carbonyl (C=O) groups is 2. The third-order valence-electron chi connectivity index (χ3n) is 3.82. The number of aliphatic carboxylic acids is 1. The summed E-state index contributed by atoms with van der Waals surface area (Å²) in [4.78, 5) is 25.2. The number of carbonyl (C=O) groups excluding carboxylic acids is 1. The smallest absolute Gasteiger partial charge is 0.329 e. The molecule has 7 nitrogen and oxygen atoms in total. The van der Waals surface area contributed by atoms with Crippen molar-refractivity contribution in [2.24, 2.45) is 0 Å². The summed E-state index contributed by atoms with van der Waals surface area (Å²) in [5, 5.41) is 9.38. The van der Waals surface area contributed by atoms with E-state index in [2.05, 4.69) is 4.72 Å². The van der Waals surface area contributed by atoms with Gasteiger partial charge in [-0.3, -0.25) is 4.79 Å². The molecule has 0 aromatic carbocycles. The number of rotatable bonds is 6. The number of carboxylic acid groups (broad SMARTS) is 1. The molecule has 1 amide bonds. The van der Waals surface area contributed by atoms with E-state index in [1.165, 1.54) is 18.7 Å². The second-order valence-electron chi connectivity index (χ2n) is 5.68. The average molecular weight is 320 g/mol. The fraction of sp³-hybridized carbons (Fsp3) is 0.846.